The van der Waals surface area contributed by atoms with Gasteiger partial charge in [0.25, 0.3) is 0 Å². The molecule has 2 aliphatic heterocycles. The molecule has 1 saturated carbocycles. The number of ether oxygens (including phenoxy) is 3. The van der Waals surface area contributed by atoms with Crippen LogP contribution in [0.1, 0.15) is 27.2 Å². The van der Waals surface area contributed by atoms with Crippen molar-refractivity contribution in [2.45, 2.75) is 62.9 Å². The third-order valence-corrected chi connectivity index (χ3v) is 6.28. The molecule has 5 rings (SSSR count). The highest BCUT2D eigenvalue weighted by atomic mass is 35.5. The molecular weight excluding hydrogens is 360 g/mol. The van der Waals surface area contributed by atoms with Crippen LogP contribution in [0.4, 0.5) is 0 Å². The molecule has 0 amide bonds. The quantitative estimate of drug-likeness (QED) is 0.790. The van der Waals surface area contributed by atoms with E-state index in [1.807, 2.05) is 18.4 Å². The lowest BCUT2D eigenvalue weighted by molar-refractivity contribution is -0.207. The van der Waals surface area contributed by atoms with Crippen LogP contribution in [-0.4, -0.2) is 60.4 Å². The molecule has 0 spiro atoms. The third kappa shape index (κ3) is 2.07. The van der Waals surface area contributed by atoms with Gasteiger partial charge in [-0.05, 0) is 20.8 Å². The Kier molecular flexibility index (Phi) is 3.33. The van der Waals surface area contributed by atoms with Crippen LogP contribution in [0.3, 0.4) is 0 Å². The van der Waals surface area contributed by atoms with Gasteiger partial charge in [0.15, 0.2) is 16.6 Å². The van der Waals surface area contributed by atoms with Crippen molar-refractivity contribution in [3.8, 4) is 0 Å². The third-order valence-electron chi connectivity index (χ3n) is 6.00. The molecule has 26 heavy (non-hydrogen) atoms. The fourth-order valence-electron chi connectivity index (χ4n) is 5.02. The molecule has 3 aliphatic rings. The fraction of sp³-hybridized carbons (Fsp3) is 0.706. The van der Waals surface area contributed by atoms with Crippen LogP contribution in [0, 0.1) is 5.92 Å². The topological polar surface area (TPSA) is 91.5 Å². The van der Waals surface area contributed by atoms with E-state index in [0.717, 1.165) is 0 Å². The number of fused-ring (bicyclic) bond motifs is 1. The van der Waals surface area contributed by atoms with E-state index in [-0.39, 0.29) is 12.0 Å². The van der Waals surface area contributed by atoms with Crippen LogP contribution < -0.4 is 0 Å². The highest BCUT2D eigenvalue weighted by molar-refractivity contribution is 6.33. The number of imidazole rings is 1. The van der Waals surface area contributed by atoms with E-state index < -0.39 is 23.1 Å². The Morgan fingerprint density at radius 2 is 2.08 bits per heavy atom. The lowest BCUT2D eigenvalue weighted by Gasteiger charge is -2.37. The van der Waals surface area contributed by atoms with E-state index >= 15 is 0 Å². The van der Waals surface area contributed by atoms with Crippen molar-refractivity contribution < 1.29 is 19.3 Å². The maximum Gasteiger partial charge on any atom is 0.164 e. The van der Waals surface area contributed by atoms with Crippen molar-refractivity contribution >= 4 is 22.8 Å². The van der Waals surface area contributed by atoms with Crippen LogP contribution in [0.5, 0.6) is 0 Å². The van der Waals surface area contributed by atoms with E-state index in [1.165, 1.54) is 6.33 Å². The van der Waals surface area contributed by atoms with Gasteiger partial charge < -0.3 is 23.9 Å². The summed E-state index contributed by atoms with van der Waals surface area (Å²) in [6, 6.07) is 0. The molecule has 4 heterocycles. The standard InChI is InChI=1S/C17H21ClN4O4/c1-15(2)25-12-11-16(3,23)9(17(12,26-15)4-5-24-11)6-22-8-21-10-13(18)19-7-20-14(10)22/h7-9,11-12,23H,4-6H2,1-3H3/t9-,11-,12?,16-,17+/m1/s1. The lowest BCUT2D eigenvalue weighted by atomic mass is 9.81. The number of aromatic nitrogens is 4. The molecule has 0 radical (unpaired) electrons. The molecule has 9 heteroatoms. The Labute approximate surface area is 155 Å². The first kappa shape index (κ1) is 16.8. The highest BCUT2D eigenvalue weighted by Crippen LogP contribution is 2.59. The number of rotatable bonds is 2. The molecular formula is C17H21ClN4O4. The Morgan fingerprint density at radius 1 is 1.27 bits per heavy atom. The Morgan fingerprint density at radius 3 is 2.88 bits per heavy atom. The summed E-state index contributed by atoms with van der Waals surface area (Å²) in [6.07, 6.45) is 3.02. The number of halogens is 1. The highest BCUT2D eigenvalue weighted by Gasteiger charge is 2.74. The number of hydrogen-bond donors (Lipinski definition) is 1. The zero-order valence-corrected chi connectivity index (χ0v) is 15.6. The maximum absolute atomic E-state index is 11.3. The van der Waals surface area contributed by atoms with E-state index in [1.54, 1.807) is 13.3 Å². The van der Waals surface area contributed by atoms with Crippen molar-refractivity contribution in [2.24, 2.45) is 5.92 Å². The van der Waals surface area contributed by atoms with Crippen LogP contribution >= 0.6 is 11.6 Å². The first-order chi connectivity index (χ1) is 12.2. The van der Waals surface area contributed by atoms with Gasteiger partial charge in [0.1, 0.15) is 29.7 Å². The first-order valence-electron chi connectivity index (χ1n) is 8.78. The summed E-state index contributed by atoms with van der Waals surface area (Å²) in [4.78, 5) is 12.6. The van der Waals surface area contributed by atoms with Gasteiger partial charge in [-0.3, -0.25) is 0 Å². The van der Waals surface area contributed by atoms with Gasteiger partial charge in [-0.25, -0.2) is 15.0 Å². The van der Waals surface area contributed by atoms with E-state index in [0.29, 0.717) is 35.9 Å². The van der Waals surface area contributed by atoms with Gasteiger partial charge in [0.05, 0.1) is 18.5 Å². The number of aliphatic hydroxyl groups is 1. The van der Waals surface area contributed by atoms with Crippen LogP contribution in [-0.2, 0) is 20.8 Å². The molecule has 1 unspecified atom stereocenters. The first-order valence-corrected chi connectivity index (χ1v) is 9.16. The Balaban J connectivity index is 1.59. The summed E-state index contributed by atoms with van der Waals surface area (Å²) in [6.45, 7) is 6.61. The van der Waals surface area contributed by atoms with Crippen LogP contribution in [0.25, 0.3) is 11.2 Å². The lowest BCUT2D eigenvalue weighted by Crippen LogP contribution is -2.49. The Bertz CT molecular complexity index is 885. The molecule has 2 aromatic heterocycles. The minimum Gasteiger partial charge on any atom is -0.387 e. The van der Waals surface area contributed by atoms with Crippen molar-refractivity contribution in [3.63, 3.8) is 0 Å². The molecule has 3 fully saturated rings. The van der Waals surface area contributed by atoms with Gasteiger partial charge in [-0.1, -0.05) is 11.6 Å². The molecule has 5 atom stereocenters. The molecule has 1 aliphatic carbocycles. The van der Waals surface area contributed by atoms with E-state index in [9.17, 15) is 5.11 Å². The zero-order chi connectivity index (χ0) is 18.3. The van der Waals surface area contributed by atoms with Gasteiger partial charge in [0, 0.05) is 18.9 Å². The summed E-state index contributed by atoms with van der Waals surface area (Å²) in [7, 11) is 0. The smallest absolute Gasteiger partial charge is 0.164 e. The van der Waals surface area contributed by atoms with Gasteiger partial charge >= 0.3 is 0 Å². The summed E-state index contributed by atoms with van der Waals surface area (Å²) in [5, 5.41) is 11.7. The van der Waals surface area contributed by atoms with Crippen LogP contribution in [0.2, 0.25) is 5.15 Å². The summed E-state index contributed by atoms with van der Waals surface area (Å²) >= 11 is 6.12. The maximum atomic E-state index is 11.3. The zero-order valence-electron chi connectivity index (χ0n) is 14.8. The van der Waals surface area contributed by atoms with Crippen molar-refractivity contribution in [3.05, 3.63) is 17.8 Å². The number of hydrogen-bond acceptors (Lipinski definition) is 7. The van der Waals surface area contributed by atoms with Crippen molar-refractivity contribution in [1.82, 2.24) is 19.5 Å². The minimum absolute atomic E-state index is 0.250. The Hall–Kier alpha value is -1.32. The molecule has 1 N–H and O–H groups in total. The monoisotopic (exact) mass is 380 g/mol. The molecule has 2 aromatic rings. The minimum atomic E-state index is -1.11. The van der Waals surface area contributed by atoms with Gasteiger partial charge in [-0.15, -0.1) is 0 Å². The second-order valence-electron chi connectivity index (χ2n) is 8.05. The predicted octanol–water partition coefficient (Wildman–Crippen LogP) is 1.54. The van der Waals surface area contributed by atoms with Crippen LogP contribution in [0.15, 0.2) is 12.7 Å². The SMILES string of the molecule is CC1(C)OC2[C@H]3OCC[C@]2(O1)[C@H](Cn1cnc2c(Cl)ncnc21)[C@@]3(C)O. The largest absolute Gasteiger partial charge is 0.387 e. The molecule has 8 nitrogen and oxygen atoms in total. The van der Waals surface area contributed by atoms with Crippen molar-refractivity contribution in [1.29, 1.82) is 0 Å². The second kappa shape index (κ2) is 5.14. The fourth-order valence-corrected chi connectivity index (χ4v) is 5.20. The van der Waals surface area contributed by atoms with E-state index in [2.05, 4.69) is 15.0 Å². The second-order valence-corrected chi connectivity index (χ2v) is 8.41. The van der Waals surface area contributed by atoms with Gasteiger partial charge in [-0.2, -0.15) is 0 Å². The van der Waals surface area contributed by atoms with E-state index in [4.69, 9.17) is 25.8 Å². The predicted molar refractivity (Wildman–Crippen MR) is 91.6 cm³/mol. The summed E-state index contributed by atoms with van der Waals surface area (Å²) < 4.78 is 20.4. The normalized spacial score (nSPS) is 40.9. The average molecular weight is 381 g/mol. The average Bonchev–Trinajstić information content (AvgIpc) is 3.11. The number of nitrogens with zero attached hydrogens (tertiary/aromatic N) is 4. The molecule has 0 aromatic carbocycles. The molecule has 2 bridgehead atoms. The molecule has 140 valence electrons. The van der Waals surface area contributed by atoms with Crippen molar-refractivity contribution in [2.75, 3.05) is 6.61 Å². The van der Waals surface area contributed by atoms with Gasteiger partial charge in [0.2, 0.25) is 0 Å². The summed E-state index contributed by atoms with van der Waals surface area (Å²) in [5.74, 6) is -0.964. The molecule has 2 saturated heterocycles. The summed E-state index contributed by atoms with van der Waals surface area (Å²) in [5.41, 5.74) is -0.535.